The number of carboxylic acid groups (broad SMARTS) is 1. The van der Waals surface area contributed by atoms with Gasteiger partial charge in [0.25, 0.3) is 0 Å². The van der Waals surface area contributed by atoms with Crippen LogP contribution in [-0.2, 0) is 15.6 Å². The van der Waals surface area contributed by atoms with Crippen LogP contribution >= 0.6 is 0 Å². The molecule has 0 radical (unpaired) electrons. The van der Waals surface area contributed by atoms with Crippen molar-refractivity contribution in [1.29, 1.82) is 0 Å². The molecular weight excluding hydrogens is 280 g/mol. The monoisotopic (exact) mass is 304 g/mol. The molecule has 3 unspecified atom stereocenters. The second-order valence-electron chi connectivity index (χ2n) is 5.31. The standard InChI is InChI=1S/C13H24N2O4S/c1-10(7-9-20(2)19)14-13(18)15-8-5-3-4-6-11(15)12(16)17/h10-11H,3-9H2,1-2H3,(H,14,18)(H,16,17). The van der Waals surface area contributed by atoms with Crippen molar-refractivity contribution < 1.29 is 18.9 Å². The van der Waals surface area contributed by atoms with Crippen molar-refractivity contribution in [3.8, 4) is 0 Å². The Hall–Kier alpha value is -1.11. The van der Waals surface area contributed by atoms with E-state index in [1.165, 1.54) is 4.90 Å². The van der Waals surface area contributed by atoms with Crippen LogP contribution in [0.25, 0.3) is 0 Å². The zero-order valence-electron chi connectivity index (χ0n) is 12.1. The normalized spacial score (nSPS) is 22.7. The molecule has 3 atom stereocenters. The summed E-state index contributed by atoms with van der Waals surface area (Å²) in [6.45, 7) is 2.33. The smallest absolute Gasteiger partial charge is 0.326 e. The number of hydrogen-bond donors (Lipinski definition) is 2. The van der Waals surface area contributed by atoms with Crippen LogP contribution < -0.4 is 5.32 Å². The minimum atomic E-state index is -0.940. The van der Waals surface area contributed by atoms with Gasteiger partial charge in [0.1, 0.15) is 6.04 Å². The lowest BCUT2D eigenvalue weighted by atomic mass is 10.1. The van der Waals surface area contributed by atoms with Crippen LogP contribution in [0, 0.1) is 0 Å². The van der Waals surface area contributed by atoms with Crippen LogP contribution in [0.1, 0.15) is 39.0 Å². The summed E-state index contributed by atoms with van der Waals surface area (Å²) in [6, 6.07) is -1.16. The molecule has 7 heteroatoms. The number of carbonyl (C=O) groups excluding carboxylic acids is 1. The zero-order chi connectivity index (χ0) is 15.1. The third kappa shape index (κ3) is 5.48. The zero-order valence-corrected chi connectivity index (χ0v) is 12.9. The number of carbonyl (C=O) groups is 2. The molecule has 0 aromatic rings. The molecule has 116 valence electrons. The highest BCUT2D eigenvalue weighted by Gasteiger charge is 2.31. The molecule has 1 heterocycles. The maximum absolute atomic E-state index is 12.2. The lowest BCUT2D eigenvalue weighted by Crippen LogP contribution is -2.51. The van der Waals surface area contributed by atoms with Crippen LogP contribution in [0.15, 0.2) is 0 Å². The van der Waals surface area contributed by atoms with Crippen LogP contribution in [0.5, 0.6) is 0 Å². The van der Waals surface area contributed by atoms with Gasteiger partial charge in [0.15, 0.2) is 0 Å². The van der Waals surface area contributed by atoms with Gasteiger partial charge in [0.05, 0.1) is 0 Å². The summed E-state index contributed by atoms with van der Waals surface area (Å²) in [7, 11) is -0.882. The van der Waals surface area contributed by atoms with E-state index in [2.05, 4.69) is 5.32 Å². The van der Waals surface area contributed by atoms with Gasteiger partial charge in [0.2, 0.25) is 0 Å². The minimum absolute atomic E-state index is 0.107. The molecule has 2 N–H and O–H groups in total. The molecule has 2 amide bonds. The molecule has 20 heavy (non-hydrogen) atoms. The van der Waals surface area contributed by atoms with E-state index in [0.717, 1.165) is 19.3 Å². The van der Waals surface area contributed by atoms with Gasteiger partial charge in [0, 0.05) is 35.4 Å². The van der Waals surface area contributed by atoms with Crippen molar-refractivity contribution in [2.75, 3.05) is 18.6 Å². The first-order valence-corrected chi connectivity index (χ1v) is 8.74. The SMILES string of the molecule is CC(CCS(C)=O)NC(=O)N1CCCCCC1C(=O)O. The summed E-state index contributed by atoms with van der Waals surface area (Å²) in [6.07, 6.45) is 5.40. The minimum Gasteiger partial charge on any atom is -0.480 e. The van der Waals surface area contributed by atoms with Gasteiger partial charge in [-0.3, -0.25) is 4.21 Å². The molecule has 1 rings (SSSR count). The number of carboxylic acids is 1. The Bertz CT molecular complexity index is 375. The number of nitrogens with one attached hydrogen (secondary N) is 1. The number of aliphatic carboxylic acids is 1. The lowest BCUT2D eigenvalue weighted by molar-refractivity contribution is -0.142. The van der Waals surface area contributed by atoms with Crippen molar-refractivity contribution in [2.45, 2.75) is 51.1 Å². The number of hydrogen-bond acceptors (Lipinski definition) is 3. The fraction of sp³-hybridized carbons (Fsp3) is 0.846. The molecule has 0 spiro atoms. The maximum Gasteiger partial charge on any atom is 0.326 e. The van der Waals surface area contributed by atoms with Gasteiger partial charge < -0.3 is 15.3 Å². The fourth-order valence-corrected chi connectivity index (χ4v) is 3.00. The highest BCUT2D eigenvalue weighted by molar-refractivity contribution is 7.84. The molecule has 0 saturated carbocycles. The van der Waals surface area contributed by atoms with Crippen LogP contribution in [0.3, 0.4) is 0 Å². The molecule has 0 aromatic carbocycles. The highest BCUT2D eigenvalue weighted by Crippen LogP contribution is 2.17. The van der Waals surface area contributed by atoms with Crippen molar-refractivity contribution in [3.63, 3.8) is 0 Å². The van der Waals surface area contributed by atoms with Crippen molar-refractivity contribution in [1.82, 2.24) is 10.2 Å². The predicted octanol–water partition coefficient (Wildman–Crippen LogP) is 1.18. The number of likely N-dealkylation sites (tertiary alicyclic amines) is 1. The first-order chi connectivity index (χ1) is 9.41. The van der Waals surface area contributed by atoms with Crippen LogP contribution in [0.2, 0.25) is 0 Å². The topological polar surface area (TPSA) is 86.7 Å². The van der Waals surface area contributed by atoms with Crippen molar-refractivity contribution in [2.24, 2.45) is 0 Å². The van der Waals surface area contributed by atoms with E-state index in [9.17, 15) is 18.9 Å². The van der Waals surface area contributed by atoms with Gasteiger partial charge in [-0.15, -0.1) is 0 Å². The van der Waals surface area contributed by atoms with E-state index < -0.39 is 22.8 Å². The second-order valence-corrected chi connectivity index (χ2v) is 6.87. The highest BCUT2D eigenvalue weighted by atomic mass is 32.2. The van der Waals surface area contributed by atoms with E-state index in [1.54, 1.807) is 6.26 Å². The predicted molar refractivity (Wildman–Crippen MR) is 78.1 cm³/mol. The Labute approximate surface area is 122 Å². The van der Waals surface area contributed by atoms with E-state index >= 15 is 0 Å². The summed E-state index contributed by atoms with van der Waals surface area (Å²) in [4.78, 5) is 24.9. The molecule has 0 aliphatic carbocycles. The van der Waals surface area contributed by atoms with Gasteiger partial charge in [-0.2, -0.15) is 0 Å². The molecule has 1 saturated heterocycles. The first-order valence-electron chi connectivity index (χ1n) is 7.01. The van der Waals surface area contributed by atoms with Gasteiger partial charge in [-0.05, 0) is 26.2 Å². The summed E-state index contributed by atoms with van der Waals surface area (Å²) >= 11 is 0. The van der Waals surface area contributed by atoms with Gasteiger partial charge in [-0.25, -0.2) is 9.59 Å². The number of rotatable bonds is 5. The Morgan fingerprint density at radius 2 is 2.10 bits per heavy atom. The third-order valence-electron chi connectivity index (χ3n) is 3.51. The fourth-order valence-electron chi connectivity index (χ4n) is 2.32. The molecule has 0 bridgehead atoms. The average molecular weight is 304 g/mol. The Morgan fingerprint density at radius 1 is 1.40 bits per heavy atom. The van der Waals surface area contributed by atoms with Gasteiger partial charge >= 0.3 is 12.0 Å². The molecule has 1 aliphatic heterocycles. The summed E-state index contributed by atoms with van der Waals surface area (Å²) < 4.78 is 11.0. The average Bonchev–Trinajstić information content (AvgIpc) is 2.61. The Kier molecular flexibility index (Phi) is 6.98. The van der Waals surface area contributed by atoms with E-state index in [4.69, 9.17) is 0 Å². The van der Waals surface area contributed by atoms with Gasteiger partial charge in [-0.1, -0.05) is 12.8 Å². The number of amides is 2. The Morgan fingerprint density at radius 3 is 2.70 bits per heavy atom. The van der Waals surface area contributed by atoms with Crippen molar-refractivity contribution in [3.05, 3.63) is 0 Å². The quantitative estimate of drug-likeness (QED) is 0.798. The maximum atomic E-state index is 12.2. The van der Waals surface area contributed by atoms with E-state index in [1.807, 2.05) is 6.92 Å². The lowest BCUT2D eigenvalue weighted by Gasteiger charge is -2.28. The van der Waals surface area contributed by atoms with Crippen LogP contribution in [-0.4, -0.2) is 56.9 Å². The number of urea groups is 1. The molecule has 1 fully saturated rings. The third-order valence-corrected chi connectivity index (χ3v) is 4.32. The summed E-state index contributed by atoms with van der Waals surface area (Å²) in [5.74, 6) is -0.409. The Balaban J connectivity index is 2.57. The molecule has 6 nitrogen and oxygen atoms in total. The van der Waals surface area contributed by atoms with E-state index in [0.29, 0.717) is 25.1 Å². The summed E-state index contributed by atoms with van der Waals surface area (Å²) in [5.41, 5.74) is 0. The van der Waals surface area contributed by atoms with Crippen molar-refractivity contribution >= 4 is 22.8 Å². The molecular formula is C13H24N2O4S. The second kappa shape index (κ2) is 8.24. The van der Waals surface area contributed by atoms with Crippen LogP contribution in [0.4, 0.5) is 4.79 Å². The van der Waals surface area contributed by atoms with E-state index in [-0.39, 0.29) is 12.1 Å². The largest absolute Gasteiger partial charge is 0.480 e. The summed E-state index contributed by atoms with van der Waals surface area (Å²) in [5, 5.41) is 12.0. The molecule has 1 aliphatic rings. The first kappa shape index (κ1) is 16.9. The number of nitrogens with zero attached hydrogens (tertiary/aromatic N) is 1. The molecule has 0 aromatic heterocycles.